The molecular formula is C11H17BrN4S. The second kappa shape index (κ2) is 5.37. The molecule has 0 aliphatic carbocycles. The fraction of sp³-hybridized carbons (Fsp3) is 0.545. The van der Waals surface area contributed by atoms with E-state index in [1.165, 1.54) is 5.69 Å². The minimum atomic E-state index is 0.826. The highest BCUT2D eigenvalue weighted by Crippen LogP contribution is 2.25. The summed E-state index contributed by atoms with van der Waals surface area (Å²) in [6.45, 7) is 2.02. The smallest absolute Gasteiger partial charge is 0.195 e. The van der Waals surface area contributed by atoms with E-state index in [4.69, 9.17) is 0 Å². The number of hydrogen-bond acceptors (Lipinski definition) is 4. The van der Waals surface area contributed by atoms with E-state index >= 15 is 0 Å². The third-order valence-corrected chi connectivity index (χ3v) is 4.00. The lowest BCUT2D eigenvalue weighted by Gasteiger charge is -2.20. The highest BCUT2D eigenvalue weighted by Gasteiger charge is 2.15. The zero-order valence-electron chi connectivity index (χ0n) is 10.4. The monoisotopic (exact) mass is 316 g/mol. The standard InChI is InChI=1S/C11H17BrN4S/c1-14(2)4-5-15(3)10-9(8-12)16-6-7-17-11(16)13-10/h6-7H,4-5,8H2,1-3H3. The van der Waals surface area contributed by atoms with Crippen LogP contribution in [-0.2, 0) is 5.33 Å². The minimum Gasteiger partial charge on any atom is -0.357 e. The molecule has 6 heteroatoms. The topological polar surface area (TPSA) is 23.8 Å². The fourth-order valence-electron chi connectivity index (χ4n) is 1.71. The van der Waals surface area contributed by atoms with Crippen LogP contribution in [-0.4, -0.2) is 48.5 Å². The quantitative estimate of drug-likeness (QED) is 0.791. The Labute approximate surface area is 114 Å². The molecule has 94 valence electrons. The summed E-state index contributed by atoms with van der Waals surface area (Å²) in [5.41, 5.74) is 1.22. The number of rotatable bonds is 5. The zero-order valence-corrected chi connectivity index (χ0v) is 12.8. The normalized spacial score (nSPS) is 11.6. The summed E-state index contributed by atoms with van der Waals surface area (Å²) in [7, 11) is 6.28. The van der Waals surface area contributed by atoms with E-state index in [9.17, 15) is 0 Å². The fourth-order valence-corrected chi connectivity index (χ4v) is 2.96. The van der Waals surface area contributed by atoms with Gasteiger partial charge in [-0.2, -0.15) is 0 Å². The van der Waals surface area contributed by atoms with Gasteiger partial charge in [0.2, 0.25) is 0 Å². The molecule has 2 rings (SSSR count). The molecule has 0 amide bonds. The molecule has 0 radical (unpaired) electrons. The molecule has 0 bridgehead atoms. The van der Waals surface area contributed by atoms with Gasteiger partial charge in [-0.05, 0) is 14.1 Å². The van der Waals surface area contributed by atoms with Crippen molar-refractivity contribution < 1.29 is 0 Å². The molecule has 0 aromatic carbocycles. The molecule has 0 aliphatic rings. The molecule has 0 unspecified atom stereocenters. The number of imidazole rings is 1. The molecule has 0 fully saturated rings. The summed E-state index contributed by atoms with van der Waals surface area (Å²) in [6.07, 6.45) is 2.08. The Morgan fingerprint density at radius 3 is 2.76 bits per heavy atom. The lowest BCUT2D eigenvalue weighted by atomic mass is 10.4. The number of fused-ring (bicyclic) bond motifs is 1. The summed E-state index contributed by atoms with van der Waals surface area (Å²) in [6, 6.07) is 0. The molecule has 0 aliphatic heterocycles. The largest absolute Gasteiger partial charge is 0.357 e. The van der Waals surface area contributed by atoms with Gasteiger partial charge >= 0.3 is 0 Å². The van der Waals surface area contributed by atoms with E-state index in [0.717, 1.165) is 29.2 Å². The third-order valence-electron chi connectivity index (χ3n) is 2.71. The molecule has 4 nitrogen and oxygen atoms in total. The van der Waals surface area contributed by atoms with Gasteiger partial charge in [-0.3, -0.25) is 4.40 Å². The molecule has 0 saturated heterocycles. The third kappa shape index (κ3) is 2.64. The van der Waals surface area contributed by atoms with Crippen LogP contribution in [0.5, 0.6) is 0 Å². The van der Waals surface area contributed by atoms with Gasteiger partial charge in [0.25, 0.3) is 0 Å². The zero-order chi connectivity index (χ0) is 12.4. The van der Waals surface area contributed by atoms with E-state index in [1.807, 2.05) is 0 Å². The maximum atomic E-state index is 4.68. The average Bonchev–Trinajstić information content (AvgIpc) is 2.84. The number of hydrogen-bond donors (Lipinski definition) is 0. The van der Waals surface area contributed by atoms with Gasteiger partial charge in [-0.25, -0.2) is 4.98 Å². The Bertz CT molecular complexity index is 491. The number of aromatic nitrogens is 2. The van der Waals surface area contributed by atoms with Crippen LogP contribution in [0, 0.1) is 0 Å². The molecule has 0 atom stereocenters. The second-order valence-corrected chi connectivity index (χ2v) is 5.73. The second-order valence-electron chi connectivity index (χ2n) is 4.30. The van der Waals surface area contributed by atoms with Crippen molar-refractivity contribution in [3.05, 3.63) is 17.3 Å². The maximum Gasteiger partial charge on any atom is 0.195 e. The van der Waals surface area contributed by atoms with E-state index in [2.05, 4.69) is 67.8 Å². The average molecular weight is 317 g/mol. The molecule has 2 aromatic rings. The predicted octanol–water partition coefficient (Wildman–Crippen LogP) is 2.29. The molecule has 0 spiro atoms. The molecular weight excluding hydrogens is 300 g/mol. The lowest BCUT2D eigenvalue weighted by Crippen LogP contribution is -2.29. The number of likely N-dealkylation sites (N-methyl/N-ethyl adjacent to an activating group) is 2. The van der Waals surface area contributed by atoms with Gasteiger partial charge in [-0.15, -0.1) is 11.3 Å². The van der Waals surface area contributed by atoms with Gasteiger partial charge in [0.05, 0.1) is 5.69 Å². The molecule has 2 aromatic heterocycles. The Balaban J connectivity index is 2.24. The summed E-state index contributed by atoms with van der Waals surface area (Å²) in [4.78, 5) is 10.1. The van der Waals surface area contributed by atoms with Crippen molar-refractivity contribution in [3.63, 3.8) is 0 Å². The highest BCUT2D eigenvalue weighted by molar-refractivity contribution is 9.08. The van der Waals surface area contributed by atoms with Crippen LogP contribution in [0.15, 0.2) is 11.6 Å². The summed E-state index contributed by atoms with van der Waals surface area (Å²) in [5.74, 6) is 1.08. The van der Waals surface area contributed by atoms with E-state index in [-0.39, 0.29) is 0 Å². The number of thiazole rings is 1. The van der Waals surface area contributed by atoms with E-state index < -0.39 is 0 Å². The SMILES string of the molecule is CN(C)CCN(C)c1nc2sccn2c1CBr. The highest BCUT2D eigenvalue weighted by atomic mass is 79.9. The van der Waals surface area contributed by atoms with Gasteiger partial charge in [0, 0.05) is 37.0 Å². The van der Waals surface area contributed by atoms with Gasteiger partial charge in [-0.1, -0.05) is 15.9 Å². The summed E-state index contributed by atoms with van der Waals surface area (Å²) < 4.78 is 2.15. The molecule has 0 saturated carbocycles. The Morgan fingerprint density at radius 2 is 2.12 bits per heavy atom. The summed E-state index contributed by atoms with van der Waals surface area (Å²) in [5, 5.41) is 2.89. The minimum absolute atomic E-state index is 0.826. The van der Waals surface area contributed by atoms with Crippen LogP contribution in [0.2, 0.25) is 0 Å². The van der Waals surface area contributed by atoms with Gasteiger partial charge in [0.1, 0.15) is 0 Å². The molecule has 0 N–H and O–H groups in total. The van der Waals surface area contributed by atoms with Crippen molar-refractivity contribution in [2.75, 3.05) is 39.1 Å². The van der Waals surface area contributed by atoms with Crippen molar-refractivity contribution in [2.24, 2.45) is 0 Å². The van der Waals surface area contributed by atoms with E-state index in [1.54, 1.807) is 11.3 Å². The first-order valence-electron chi connectivity index (χ1n) is 5.49. The number of anilines is 1. The van der Waals surface area contributed by atoms with Crippen LogP contribution in [0.1, 0.15) is 5.69 Å². The number of halogens is 1. The maximum absolute atomic E-state index is 4.68. The Hall–Kier alpha value is -0.590. The number of nitrogens with zero attached hydrogens (tertiary/aromatic N) is 4. The van der Waals surface area contributed by atoms with Gasteiger partial charge < -0.3 is 9.80 Å². The number of alkyl halides is 1. The van der Waals surface area contributed by atoms with Crippen LogP contribution in [0.3, 0.4) is 0 Å². The van der Waals surface area contributed by atoms with Crippen LogP contribution >= 0.6 is 27.3 Å². The van der Waals surface area contributed by atoms with Crippen LogP contribution in [0.25, 0.3) is 4.96 Å². The van der Waals surface area contributed by atoms with Gasteiger partial charge in [0.15, 0.2) is 10.8 Å². The molecule has 17 heavy (non-hydrogen) atoms. The predicted molar refractivity (Wildman–Crippen MR) is 77.5 cm³/mol. The summed E-state index contributed by atoms with van der Waals surface area (Å²) >= 11 is 5.22. The van der Waals surface area contributed by atoms with Crippen molar-refractivity contribution in [1.82, 2.24) is 14.3 Å². The lowest BCUT2D eigenvalue weighted by molar-refractivity contribution is 0.416. The Morgan fingerprint density at radius 1 is 1.35 bits per heavy atom. The van der Waals surface area contributed by atoms with Crippen molar-refractivity contribution in [3.8, 4) is 0 Å². The first-order valence-corrected chi connectivity index (χ1v) is 7.50. The van der Waals surface area contributed by atoms with Crippen molar-refractivity contribution in [1.29, 1.82) is 0 Å². The van der Waals surface area contributed by atoms with E-state index in [0.29, 0.717) is 0 Å². The van der Waals surface area contributed by atoms with Crippen LogP contribution < -0.4 is 4.90 Å². The Kier molecular flexibility index (Phi) is 4.06. The van der Waals surface area contributed by atoms with Crippen molar-refractivity contribution >= 4 is 38.0 Å². The van der Waals surface area contributed by atoms with Crippen LogP contribution in [0.4, 0.5) is 5.82 Å². The first-order chi connectivity index (χ1) is 8.13. The molecule has 2 heterocycles. The van der Waals surface area contributed by atoms with Crippen molar-refractivity contribution in [2.45, 2.75) is 5.33 Å². The first kappa shape index (κ1) is 12.9.